The molecule has 2 nitrogen and oxygen atoms in total. The van der Waals surface area contributed by atoms with Gasteiger partial charge < -0.3 is 5.73 Å². The molecule has 1 aliphatic rings. The maximum atomic E-state index is 5.48. The van der Waals surface area contributed by atoms with Crippen LogP contribution in [0.15, 0.2) is 24.3 Å². The number of rotatable bonds is 3. The van der Waals surface area contributed by atoms with E-state index in [-0.39, 0.29) is 0 Å². The molecule has 1 aromatic rings. The highest BCUT2D eigenvalue weighted by Crippen LogP contribution is 2.27. The van der Waals surface area contributed by atoms with Crippen LogP contribution in [0.25, 0.3) is 0 Å². The predicted molar refractivity (Wildman–Crippen MR) is 85.3 cm³/mol. The highest BCUT2D eigenvalue weighted by atomic mass is 15.1. The van der Waals surface area contributed by atoms with Crippen molar-refractivity contribution in [2.75, 3.05) is 13.6 Å². The maximum Gasteiger partial charge on any atom is 0.0555 e. The van der Waals surface area contributed by atoms with Gasteiger partial charge in [-0.3, -0.25) is 4.90 Å². The first-order chi connectivity index (χ1) is 9.70. The van der Waals surface area contributed by atoms with E-state index in [4.69, 9.17) is 5.73 Å². The van der Waals surface area contributed by atoms with Crippen molar-refractivity contribution in [2.24, 2.45) is 11.7 Å². The minimum absolute atomic E-state index is 0.421. The summed E-state index contributed by atoms with van der Waals surface area (Å²) in [6.07, 6.45) is 5.42. The van der Waals surface area contributed by atoms with Crippen molar-refractivity contribution in [1.29, 1.82) is 0 Å². The van der Waals surface area contributed by atoms with E-state index in [1.807, 2.05) is 6.07 Å². The highest BCUT2D eigenvalue weighted by molar-refractivity contribution is 5.41. The summed E-state index contributed by atoms with van der Waals surface area (Å²) in [5.41, 5.74) is 7.91. The number of hydrogen-bond donors (Lipinski definition) is 1. The lowest BCUT2D eigenvalue weighted by Crippen LogP contribution is -2.35. The zero-order valence-corrected chi connectivity index (χ0v) is 12.7. The maximum absolute atomic E-state index is 5.48. The van der Waals surface area contributed by atoms with E-state index >= 15 is 0 Å². The summed E-state index contributed by atoms with van der Waals surface area (Å²) in [6, 6.07) is 9.14. The first-order valence-electron chi connectivity index (χ1n) is 7.67. The molecule has 1 aromatic carbocycles. The van der Waals surface area contributed by atoms with Crippen molar-refractivity contribution >= 4 is 0 Å². The number of nitrogens with zero attached hydrogens (tertiary/aromatic N) is 1. The second-order valence-electron chi connectivity index (χ2n) is 6.00. The smallest absolute Gasteiger partial charge is 0.0555 e. The predicted octanol–water partition coefficient (Wildman–Crippen LogP) is 3.01. The summed E-state index contributed by atoms with van der Waals surface area (Å²) >= 11 is 0. The van der Waals surface area contributed by atoms with Crippen LogP contribution in [-0.4, -0.2) is 24.5 Å². The zero-order chi connectivity index (χ0) is 14.4. The lowest BCUT2D eigenvalue weighted by Gasteiger charge is -2.34. The Morgan fingerprint density at radius 1 is 1.30 bits per heavy atom. The summed E-state index contributed by atoms with van der Waals surface area (Å²) < 4.78 is 0. The van der Waals surface area contributed by atoms with E-state index in [1.54, 1.807) is 0 Å². The summed E-state index contributed by atoms with van der Waals surface area (Å²) in [6.45, 7) is 3.78. The molecule has 0 aromatic heterocycles. The molecule has 2 unspecified atom stereocenters. The average Bonchev–Trinajstić information content (AvgIpc) is 2.46. The Labute approximate surface area is 123 Å². The Balaban J connectivity index is 2.05. The fourth-order valence-corrected chi connectivity index (χ4v) is 3.13. The summed E-state index contributed by atoms with van der Waals surface area (Å²) in [5.74, 6) is 7.02. The molecule has 2 atom stereocenters. The molecule has 2 N–H and O–H groups in total. The third kappa shape index (κ3) is 4.10. The standard InChI is InChI=1S/C18H26N2/c1-15-7-5-11-18(13-15)20(2)14-17-9-4-3-8-16(17)10-6-12-19/h3-4,8-9,15,18H,5,7,11-14,19H2,1-2H3. The normalized spacial score (nSPS) is 22.4. The Bertz CT molecular complexity index is 484. The Morgan fingerprint density at radius 3 is 2.85 bits per heavy atom. The molecule has 0 aliphatic heterocycles. The molecule has 0 spiro atoms. The fourth-order valence-electron chi connectivity index (χ4n) is 3.13. The largest absolute Gasteiger partial charge is 0.320 e. The van der Waals surface area contributed by atoms with Gasteiger partial charge in [-0.25, -0.2) is 0 Å². The average molecular weight is 270 g/mol. The Kier molecular flexibility index (Phi) is 5.64. The molecule has 0 saturated heterocycles. The quantitative estimate of drug-likeness (QED) is 0.856. The molecule has 1 aliphatic carbocycles. The molecule has 1 fully saturated rings. The summed E-state index contributed by atoms with van der Waals surface area (Å²) in [5, 5.41) is 0. The van der Waals surface area contributed by atoms with Gasteiger partial charge in [0.25, 0.3) is 0 Å². The fraction of sp³-hybridized carbons (Fsp3) is 0.556. The molecule has 0 amide bonds. The molecular formula is C18H26N2. The lowest BCUT2D eigenvalue weighted by atomic mass is 9.86. The third-order valence-electron chi connectivity index (χ3n) is 4.29. The van der Waals surface area contributed by atoms with E-state index in [9.17, 15) is 0 Å². The van der Waals surface area contributed by atoms with Crippen molar-refractivity contribution in [3.05, 3.63) is 35.4 Å². The zero-order valence-electron chi connectivity index (χ0n) is 12.7. The van der Waals surface area contributed by atoms with E-state index < -0.39 is 0 Å². The number of benzene rings is 1. The molecule has 2 rings (SSSR count). The van der Waals surface area contributed by atoms with Gasteiger partial charge in [-0.1, -0.05) is 49.8 Å². The molecule has 2 heteroatoms. The van der Waals surface area contributed by atoms with E-state index in [1.165, 1.54) is 31.2 Å². The van der Waals surface area contributed by atoms with Crippen LogP contribution in [0.2, 0.25) is 0 Å². The van der Waals surface area contributed by atoms with Crippen molar-refractivity contribution in [3.63, 3.8) is 0 Å². The van der Waals surface area contributed by atoms with Crippen LogP contribution in [0.4, 0.5) is 0 Å². The van der Waals surface area contributed by atoms with Gasteiger partial charge in [0.15, 0.2) is 0 Å². The molecule has 20 heavy (non-hydrogen) atoms. The van der Waals surface area contributed by atoms with E-state index in [0.29, 0.717) is 12.6 Å². The van der Waals surface area contributed by atoms with Crippen LogP contribution in [0, 0.1) is 17.8 Å². The van der Waals surface area contributed by atoms with Crippen LogP contribution in [0.5, 0.6) is 0 Å². The second kappa shape index (κ2) is 7.47. The first-order valence-corrected chi connectivity index (χ1v) is 7.67. The Hall–Kier alpha value is -1.30. The van der Waals surface area contributed by atoms with Gasteiger partial charge in [-0.05, 0) is 37.4 Å². The monoisotopic (exact) mass is 270 g/mol. The number of nitrogens with two attached hydrogens (primary N) is 1. The van der Waals surface area contributed by atoms with E-state index in [0.717, 1.165) is 18.0 Å². The van der Waals surface area contributed by atoms with Gasteiger partial charge in [0.05, 0.1) is 6.54 Å². The molecule has 108 valence electrons. The minimum atomic E-state index is 0.421. The lowest BCUT2D eigenvalue weighted by molar-refractivity contribution is 0.157. The molecule has 1 saturated carbocycles. The minimum Gasteiger partial charge on any atom is -0.320 e. The van der Waals surface area contributed by atoms with Gasteiger partial charge in [-0.2, -0.15) is 0 Å². The van der Waals surface area contributed by atoms with Crippen molar-refractivity contribution in [3.8, 4) is 11.8 Å². The van der Waals surface area contributed by atoms with Crippen molar-refractivity contribution in [2.45, 2.75) is 45.2 Å². The van der Waals surface area contributed by atoms with Gasteiger partial charge >= 0.3 is 0 Å². The van der Waals surface area contributed by atoms with Gasteiger partial charge in [0.1, 0.15) is 0 Å². The summed E-state index contributed by atoms with van der Waals surface area (Å²) in [4.78, 5) is 2.50. The third-order valence-corrected chi connectivity index (χ3v) is 4.29. The van der Waals surface area contributed by atoms with Crippen LogP contribution in [-0.2, 0) is 6.54 Å². The molecule has 0 heterocycles. The first kappa shape index (κ1) is 15.1. The summed E-state index contributed by atoms with van der Waals surface area (Å²) in [7, 11) is 2.25. The Morgan fingerprint density at radius 2 is 2.10 bits per heavy atom. The van der Waals surface area contributed by atoms with Crippen LogP contribution >= 0.6 is 0 Å². The topological polar surface area (TPSA) is 29.3 Å². The number of hydrogen-bond acceptors (Lipinski definition) is 2. The van der Waals surface area contributed by atoms with Crippen molar-refractivity contribution in [1.82, 2.24) is 4.90 Å². The van der Waals surface area contributed by atoms with Gasteiger partial charge in [-0.15, -0.1) is 0 Å². The second-order valence-corrected chi connectivity index (χ2v) is 6.00. The molecular weight excluding hydrogens is 244 g/mol. The molecule has 0 bridgehead atoms. The van der Waals surface area contributed by atoms with Crippen LogP contribution in [0.3, 0.4) is 0 Å². The van der Waals surface area contributed by atoms with E-state index in [2.05, 4.69) is 48.9 Å². The van der Waals surface area contributed by atoms with Gasteiger partial charge in [0.2, 0.25) is 0 Å². The van der Waals surface area contributed by atoms with Crippen LogP contribution < -0.4 is 5.73 Å². The van der Waals surface area contributed by atoms with Crippen molar-refractivity contribution < 1.29 is 0 Å². The van der Waals surface area contributed by atoms with Gasteiger partial charge in [0, 0.05) is 18.2 Å². The SMILES string of the molecule is CC1CCCC(N(C)Cc2ccccc2C#CCN)C1. The van der Waals surface area contributed by atoms with Crippen LogP contribution in [0.1, 0.15) is 43.7 Å². The molecule has 0 radical (unpaired) electrons. The highest BCUT2D eigenvalue weighted by Gasteiger charge is 2.22.